The zero-order chi connectivity index (χ0) is 12.3. The van der Waals surface area contributed by atoms with Gasteiger partial charge in [-0.1, -0.05) is 12.1 Å². The lowest BCUT2D eigenvalue weighted by atomic mass is 10.0. The number of hydrogen-bond acceptors (Lipinski definition) is 4. The van der Waals surface area contributed by atoms with Crippen LogP contribution < -0.4 is 5.32 Å². The van der Waals surface area contributed by atoms with E-state index in [-0.39, 0.29) is 5.97 Å². The van der Waals surface area contributed by atoms with E-state index in [9.17, 15) is 4.79 Å². The average Bonchev–Trinajstić information content (AvgIpc) is 2.38. The van der Waals surface area contributed by atoms with Crippen molar-refractivity contribution in [1.82, 2.24) is 10.3 Å². The van der Waals surface area contributed by atoms with Crippen LogP contribution in [0, 0.1) is 0 Å². The quantitative estimate of drug-likeness (QED) is 0.816. The standard InChI is InChI=1S/C13H14N2O2/c1-14-8-9-5-6-11(13(16)17-2)10-4-3-7-15-12(9)10/h3-7,14H,8H2,1-2H3. The topological polar surface area (TPSA) is 51.2 Å². The van der Waals surface area contributed by atoms with E-state index in [1.807, 2.05) is 25.2 Å². The second kappa shape index (κ2) is 4.93. The number of carbonyl (C=O) groups excluding carboxylic acids is 1. The summed E-state index contributed by atoms with van der Waals surface area (Å²) in [7, 11) is 3.26. The number of rotatable bonds is 3. The van der Waals surface area contributed by atoms with Gasteiger partial charge in [0.15, 0.2) is 0 Å². The van der Waals surface area contributed by atoms with Crippen LogP contribution in [0.15, 0.2) is 30.5 Å². The highest BCUT2D eigenvalue weighted by atomic mass is 16.5. The third-order valence-electron chi connectivity index (χ3n) is 2.63. The van der Waals surface area contributed by atoms with Gasteiger partial charge in [0.2, 0.25) is 0 Å². The number of nitrogens with zero attached hydrogens (tertiary/aromatic N) is 1. The molecule has 0 saturated heterocycles. The van der Waals surface area contributed by atoms with Crippen LogP contribution in [0.1, 0.15) is 15.9 Å². The lowest BCUT2D eigenvalue weighted by molar-refractivity contribution is 0.0603. The van der Waals surface area contributed by atoms with Crippen molar-refractivity contribution in [2.24, 2.45) is 0 Å². The molecule has 4 nitrogen and oxygen atoms in total. The zero-order valence-corrected chi connectivity index (χ0v) is 9.86. The molecular weight excluding hydrogens is 216 g/mol. The molecule has 1 aromatic heterocycles. The van der Waals surface area contributed by atoms with Crippen molar-refractivity contribution in [3.05, 3.63) is 41.6 Å². The van der Waals surface area contributed by atoms with Crippen molar-refractivity contribution in [2.75, 3.05) is 14.2 Å². The Morgan fingerprint density at radius 1 is 1.41 bits per heavy atom. The first-order valence-corrected chi connectivity index (χ1v) is 5.37. The lowest BCUT2D eigenvalue weighted by Gasteiger charge is -2.08. The lowest BCUT2D eigenvalue weighted by Crippen LogP contribution is -2.08. The number of methoxy groups -OCH3 is 1. The molecule has 0 aliphatic heterocycles. The Balaban J connectivity index is 2.66. The van der Waals surface area contributed by atoms with Gasteiger partial charge in [-0.25, -0.2) is 4.79 Å². The van der Waals surface area contributed by atoms with E-state index in [2.05, 4.69) is 10.3 Å². The molecule has 1 aromatic carbocycles. The summed E-state index contributed by atoms with van der Waals surface area (Å²) in [6.07, 6.45) is 1.72. The predicted octanol–water partition coefficient (Wildman–Crippen LogP) is 1.74. The Morgan fingerprint density at radius 3 is 2.94 bits per heavy atom. The first kappa shape index (κ1) is 11.5. The molecule has 0 atom stereocenters. The Bertz CT molecular complexity index is 552. The Morgan fingerprint density at radius 2 is 2.24 bits per heavy atom. The highest BCUT2D eigenvalue weighted by Gasteiger charge is 2.12. The van der Waals surface area contributed by atoms with Gasteiger partial charge in [0.05, 0.1) is 18.2 Å². The van der Waals surface area contributed by atoms with Crippen LogP contribution in [-0.2, 0) is 11.3 Å². The third kappa shape index (κ3) is 2.12. The number of esters is 1. The average molecular weight is 230 g/mol. The van der Waals surface area contributed by atoms with Gasteiger partial charge in [-0.15, -0.1) is 0 Å². The first-order chi connectivity index (χ1) is 8.27. The Hall–Kier alpha value is -1.94. The van der Waals surface area contributed by atoms with E-state index >= 15 is 0 Å². The molecule has 2 rings (SSSR count). The first-order valence-electron chi connectivity index (χ1n) is 5.37. The number of hydrogen-bond donors (Lipinski definition) is 1. The van der Waals surface area contributed by atoms with Crippen molar-refractivity contribution in [3.63, 3.8) is 0 Å². The van der Waals surface area contributed by atoms with Gasteiger partial charge >= 0.3 is 5.97 Å². The number of nitrogens with one attached hydrogen (secondary N) is 1. The molecule has 17 heavy (non-hydrogen) atoms. The van der Waals surface area contributed by atoms with Gasteiger partial charge in [-0.2, -0.15) is 0 Å². The number of pyridine rings is 1. The largest absolute Gasteiger partial charge is 0.465 e. The fourth-order valence-corrected chi connectivity index (χ4v) is 1.85. The van der Waals surface area contributed by atoms with Gasteiger partial charge < -0.3 is 10.1 Å². The van der Waals surface area contributed by atoms with E-state index in [4.69, 9.17) is 4.74 Å². The molecule has 0 radical (unpaired) electrons. The van der Waals surface area contributed by atoms with E-state index in [0.717, 1.165) is 23.0 Å². The summed E-state index contributed by atoms with van der Waals surface area (Å²) in [5.41, 5.74) is 2.45. The van der Waals surface area contributed by atoms with Gasteiger partial charge in [0.25, 0.3) is 0 Å². The smallest absolute Gasteiger partial charge is 0.338 e. The molecule has 0 aliphatic carbocycles. The maximum atomic E-state index is 11.6. The second-order valence-electron chi connectivity index (χ2n) is 3.69. The molecule has 0 unspecified atom stereocenters. The van der Waals surface area contributed by atoms with Crippen LogP contribution in [0.25, 0.3) is 10.9 Å². The third-order valence-corrected chi connectivity index (χ3v) is 2.63. The summed E-state index contributed by atoms with van der Waals surface area (Å²) in [4.78, 5) is 16.0. The molecule has 0 saturated carbocycles. The maximum Gasteiger partial charge on any atom is 0.338 e. The normalized spacial score (nSPS) is 10.5. The Kier molecular flexibility index (Phi) is 3.35. The predicted molar refractivity (Wildman–Crippen MR) is 65.8 cm³/mol. The van der Waals surface area contributed by atoms with Crippen molar-refractivity contribution in [2.45, 2.75) is 6.54 Å². The minimum Gasteiger partial charge on any atom is -0.465 e. The highest BCUT2D eigenvalue weighted by molar-refractivity contribution is 6.04. The van der Waals surface area contributed by atoms with Gasteiger partial charge in [-0.05, 0) is 24.7 Å². The summed E-state index contributed by atoms with van der Waals surface area (Å²) in [6, 6.07) is 7.38. The summed E-state index contributed by atoms with van der Waals surface area (Å²) in [5.74, 6) is -0.334. The number of carbonyl (C=O) groups is 1. The molecule has 0 fully saturated rings. The molecule has 1 heterocycles. The van der Waals surface area contributed by atoms with E-state index < -0.39 is 0 Å². The number of benzene rings is 1. The molecule has 0 amide bonds. The zero-order valence-electron chi connectivity index (χ0n) is 9.86. The summed E-state index contributed by atoms with van der Waals surface area (Å²) < 4.78 is 4.76. The van der Waals surface area contributed by atoms with Crippen LogP contribution in [0.5, 0.6) is 0 Å². The van der Waals surface area contributed by atoms with E-state index in [1.165, 1.54) is 7.11 Å². The minimum absolute atomic E-state index is 0.334. The van der Waals surface area contributed by atoms with E-state index in [1.54, 1.807) is 12.3 Å². The van der Waals surface area contributed by atoms with Crippen molar-refractivity contribution >= 4 is 16.9 Å². The van der Waals surface area contributed by atoms with Crippen LogP contribution in [0.4, 0.5) is 0 Å². The van der Waals surface area contributed by atoms with Crippen molar-refractivity contribution in [3.8, 4) is 0 Å². The van der Waals surface area contributed by atoms with Gasteiger partial charge in [-0.3, -0.25) is 4.98 Å². The van der Waals surface area contributed by atoms with Crippen LogP contribution in [0.3, 0.4) is 0 Å². The fraction of sp³-hybridized carbons (Fsp3) is 0.231. The highest BCUT2D eigenvalue weighted by Crippen LogP contribution is 2.21. The molecule has 0 bridgehead atoms. The monoisotopic (exact) mass is 230 g/mol. The SMILES string of the molecule is CNCc1ccc(C(=O)OC)c2cccnc12. The van der Waals surface area contributed by atoms with Gasteiger partial charge in [0.1, 0.15) is 0 Å². The number of ether oxygens (including phenoxy) is 1. The number of aromatic nitrogens is 1. The molecule has 88 valence electrons. The summed E-state index contributed by atoms with van der Waals surface area (Å²) in [6.45, 7) is 0.717. The fourth-order valence-electron chi connectivity index (χ4n) is 1.85. The number of fused-ring (bicyclic) bond motifs is 1. The van der Waals surface area contributed by atoms with Crippen LogP contribution >= 0.6 is 0 Å². The Labute approximate surface area is 99.6 Å². The second-order valence-corrected chi connectivity index (χ2v) is 3.69. The molecular formula is C13H14N2O2. The molecule has 0 aliphatic rings. The molecule has 4 heteroatoms. The summed E-state index contributed by atoms with van der Waals surface area (Å²) >= 11 is 0. The molecule has 2 aromatic rings. The van der Waals surface area contributed by atoms with Crippen LogP contribution in [0.2, 0.25) is 0 Å². The van der Waals surface area contributed by atoms with E-state index in [0.29, 0.717) is 5.56 Å². The summed E-state index contributed by atoms with van der Waals surface area (Å²) in [5, 5.41) is 3.91. The molecule has 1 N–H and O–H groups in total. The minimum atomic E-state index is -0.334. The maximum absolute atomic E-state index is 11.6. The van der Waals surface area contributed by atoms with Crippen LogP contribution in [-0.4, -0.2) is 25.1 Å². The van der Waals surface area contributed by atoms with Gasteiger partial charge in [0, 0.05) is 18.1 Å². The van der Waals surface area contributed by atoms with Crippen molar-refractivity contribution in [1.29, 1.82) is 0 Å². The van der Waals surface area contributed by atoms with Crippen molar-refractivity contribution < 1.29 is 9.53 Å². The molecule has 0 spiro atoms.